The normalized spacial score (nSPS) is 15.5. The first-order valence-electron chi connectivity index (χ1n) is 6.86. The molecule has 0 bridgehead atoms. The van der Waals surface area contributed by atoms with E-state index < -0.39 is 5.82 Å². The first kappa shape index (κ1) is 14.1. The number of thiophene rings is 1. The Hall–Kier alpha value is -1.88. The van der Waals surface area contributed by atoms with Gasteiger partial charge in [0, 0.05) is 12.0 Å². The molecule has 1 heterocycles. The molecule has 0 radical (unpaired) electrons. The number of benzene rings is 1. The third-order valence-corrected chi connectivity index (χ3v) is 4.49. The average Bonchev–Trinajstić information content (AvgIpc) is 3.07. The Labute approximate surface area is 126 Å². The quantitative estimate of drug-likeness (QED) is 0.890. The molecule has 3 nitrogen and oxygen atoms in total. The second-order valence-corrected chi connectivity index (χ2v) is 6.07. The van der Waals surface area contributed by atoms with Crippen LogP contribution in [-0.4, -0.2) is 19.1 Å². The third-order valence-electron chi connectivity index (χ3n) is 3.81. The summed E-state index contributed by atoms with van der Waals surface area (Å²) < 4.78 is 18.5. The molecule has 0 unspecified atom stereocenters. The third kappa shape index (κ3) is 3.24. The van der Waals surface area contributed by atoms with E-state index >= 15 is 0 Å². The van der Waals surface area contributed by atoms with Gasteiger partial charge in [0.2, 0.25) is 0 Å². The summed E-state index contributed by atoms with van der Waals surface area (Å²) in [6, 6.07) is 8.19. The topological polar surface area (TPSA) is 38.3 Å². The molecule has 0 atom stereocenters. The van der Waals surface area contributed by atoms with Crippen molar-refractivity contribution in [2.75, 3.05) is 13.2 Å². The number of hydrogen-bond donors (Lipinski definition) is 1. The molecule has 5 heteroatoms. The summed E-state index contributed by atoms with van der Waals surface area (Å²) in [4.78, 5) is 11.8. The van der Waals surface area contributed by atoms with Gasteiger partial charge in [-0.05, 0) is 47.4 Å². The number of para-hydroxylation sites is 1. The lowest BCUT2D eigenvalue weighted by Gasteiger charge is -2.15. The highest BCUT2D eigenvalue weighted by atomic mass is 32.1. The van der Waals surface area contributed by atoms with Crippen LogP contribution < -0.4 is 10.1 Å². The van der Waals surface area contributed by atoms with Crippen LogP contribution in [0.4, 0.5) is 4.39 Å². The Balaban J connectivity index is 1.48. The minimum Gasteiger partial charge on any atom is -0.481 e. The summed E-state index contributed by atoms with van der Waals surface area (Å²) in [5.74, 6) is -0.575. The number of rotatable bonds is 6. The molecule has 1 aliphatic carbocycles. The fourth-order valence-electron chi connectivity index (χ4n) is 2.31. The number of nitrogens with one attached hydrogen (secondary N) is 1. The Kier molecular flexibility index (Phi) is 3.92. The predicted octanol–water partition coefficient (Wildman–Crippen LogP) is 3.11. The molecule has 1 fully saturated rings. The van der Waals surface area contributed by atoms with Crippen molar-refractivity contribution in [2.24, 2.45) is 0 Å². The molecule has 1 aromatic heterocycles. The summed E-state index contributed by atoms with van der Waals surface area (Å²) in [5, 5.41) is 7.07. The zero-order valence-electron chi connectivity index (χ0n) is 11.5. The fourth-order valence-corrected chi connectivity index (χ4v) is 3.09. The van der Waals surface area contributed by atoms with Gasteiger partial charge in [0.1, 0.15) is 0 Å². The van der Waals surface area contributed by atoms with Crippen molar-refractivity contribution < 1.29 is 13.9 Å². The molecule has 2 aromatic rings. The molecule has 0 spiro atoms. The van der Waals surface area contributed by atoms with E-state index in [9.17, 15) is 9.18 Å². The van der Waals surface area contributed by atoms with E-state index in [1.165, 1.54) is 17.7 Å². The molecule has 0 saturated heterocycles. The molecule has 1 aromatic carbocycles. The van der Waals surface area contributed by atoms with Gasteiger partial charge < -0.3 is 10.1 Å². The first-order valence-corrected chi connectivity index (χ1v) is 7.81. The van der Waals surface area contributed by atoms with Gasteiger partial charge in [-0.25, -0.2) is 4.39 Å². The maximum absolute atomic E-state index is 13.4. The summed E-state index contributed by atoms with van der Waals surface area (Å²) >= 11 is 1.67. The van der Waals surface area contributed by atoms with Gasteiger partial charge in [-0.2, -0.15) is 11.3 Å². The van der Waals surface area contributed by atoms with Gasteiger partial charge in [0.25, 0.3) is 5.91 Å². The van der Waals surface area contributed by atoms with Crippen molar-refractivity contribution in [2.45, 2.75) is 18.3 Å². The Morgan fingerprint density at radius 1 is 1.33 bits per heavy atom. The lowest BCUT2D eigenvalue weighted by atomic mass is 9.99. The van der Waals surface area contributed by atoms with E-state index in [2.05, 4.69) is 22.1 Å². The van der Waals surface area contributed by atoms with E-state index in [4.69, 9.17) is 4.74 Å². The number of hydrogen-bond acceptors (Lipinski definition) is 3. The van der Waals surface area contributed by atoms with Crippen molar-refractivity contribution in [1.82, 2.24) is 5.32 Å². The molecule has 110 valence electrons. The van der Waals surface area contributed by atoms with Gasteiger partial charge in [-0.15, -0.1) is 0 Å². The first-order chi connectivity index (χ1) is 10.2. The van der Waals surface area contributed by atoms with Crippen LogP contribution in [0.5, 0.6) is 5.75 Å². The van der Waals surface area contributed by atoms with Crippen molar-refractivity contribution in [3.63, 3.8) is 0 Å². The molecular weight excluding hydrogens is 289 g/mol. The number of carbonyl (C=O) groups excluding carboxylic acids is 1. The second kappa shape index (κ2) is 5.85. The van der Waals surface area contributed by atoms with Crippen LogP contribution in [0.1, 0.15) is 18.4 Å². The average molecular weight is 305 g/mol. The van der Waals surface area contributed by atoms with Crippen molar-refractivity contribution in [1.29, 1.82) is 0 Å². The monoisotopic (exact) mass is 305 g/mol. The maximum Gasteiger partial charge on any atom is 0.257 e. The van der Waals surface area contributed by atoms with Gasteiger partial charge in [0.05, 0.1) is 0 Å². The van der Waals surface area contributed by atoms with Crippen LogP contribution in [0.2, 0.25) is 0 Å². The van der Waals surface area contributed by atoms with Crippen LogP contribution in [0.25, 0.3) is 0 Å². The molecule has 3 rings (SSSR count). The maximum atomic E-state index is 13.4. The Morgan fingerprint density at radius 2 is 2.14 bits per heavy atom. The van der Waals surface area contributed by atoms with Crippen LogP contribution >= 0.6 is 11.3 Å². The number of amides is 1. The smallest absolute Gasteiger partial charge is 0.257 e. The number of carbonyl (C=O) groups is 1. The summed E-state index contributed by atoms with van der Waals surface area (Å²) in [7, 11) is 0. The highest BCUT2D eigenvalue weighted by molar-refractivity contribution is 7.08. The van der Waals surface area contributed by atoms with Crippen LogP contribution in [0, 0.1) is 5.82 Å². The molecule has 1 saturated carbocycles. The van der Waals surface area contributed by atoms with Crippen molar-refractivity contribution >= 4 is 17.2 Å². The van der Waals surface area contributed by atoms with E-state index in [0.717, 1.165) is 12.8 Å². The summed E-state index contributed by atoms with van der Waals surface area (Å²) in [6.07, 6.45) is 2.19. The molecule has 0 aliphatic heterocycles. The van der Waals surface area contributed by atoms with Crippen molar-refractivity contribution in [3.8, 4) is 5.75 Å². The molecule has 1 aliphatic rings. The van der Waals surface area contributed by atoms with E-state index in [1.807, 2.05) is 0 Å². The second-order valence-electron chi connectivity index (χ2n) is 5.29. The largest absolute Gasteiger partial charge is 0.481 e. The number of halogens is 1. The van der Waals surface area contributed by atoms with Gasteiger partial charge in [0.15, 0.2) is 18.2 Å². The summed E-state index contributed by atoms with van der Waals surface area (Å²) in [6.45, 7) is 0.448. The van der Waals surface area contributed by atoms with Gasteiger partial charge in [-0.1, -0.05) is 12.1 Å². The summed E-state index contributed by atoms with van der Waals surface area (Å²) in [5.41, 5.74) is 1.40. The highest BCUT2D eigenvalue weighted by Gasteiger charge is 2.44. The van der Waals surface area contributed by atoms with Crippen molar-refractivity contribution in [3.05, 3.63) is 52.5 Å². The predicted molar refractivity (Wildman–Crippen MR) is 80.1 cm³/mol. The standard InChI is InChI=1S/C16H16FNO2S/c17-13-3-1-2-4-14(13)20-9-15(19)18-11-16(6-7-16)12-5-8-21-10-12/h1-5,8,10H,6-7,9,11H2,(H,18,19). The van der Waals surface area contributed by atoms with Gasteiger partial charge >= 0.3 is 0 Å². The van der Waals surface area contributed by atoms with Crippen LogP contribution in [0.3, 0.4) is 0 Å². The van der Waals surface area contributed by atoms with Crippen LogP contribution in [0.15, 0.2) is 41.1 Å². The molecule has 1 N–H and O–H groups in total. The fraction of sp³-hybridized carbons (Fsp3) is 0.312. The zero-order valence-corrected chi connectivity index (χ0v) is 12.3. The highest BCUT2D eigenvalue weighted by Crippen LogP contribution is 2.48. The number of ether oxygens (including phenoxy) is 1. The Bertz CT molecular complexity index is 623. The lowest BCUT2D eigenvalue weighted by Crippen LogP contribution is -2.35. The SMILES string of the molecule is O=C(COc1ccccc1F)NCC1(c2ccsc2)CC1. The van der Waals surface area contributed by atoms with Gasteiger partial charge in [-0.3, -0.25) is 4.79 Å². The zero-order chi connectivity index (χ0) is 14.7. The molecular formula is C16H16FNO2S. The van der Waals surface area contributed by atoms with Crippen LogP contribution in [-0.2, 0) is 10.2 Å². The van der Waals surface area contributed by atoms with E-state index in [-0.39, 0.29) is 23.7 Å². The Morgan fingerprint density at radius 3 is 2.81 bits per heavy atom. The lowest BCUT2D eigenvalue weighted by molar-refractivity contribution is -0.123. The minimum absolute atomic E-state index is 0.103. The molecule has 1 amide bonds. The van der Waals surface area contributed by atoms with E-state index in [0.29, 0.717) is 6.54 Å². The minimum atomic E-state index is -0.456. The molecule has 21 heavy (non-hydrogen) atoms. The van der Waals surface area contributed by atoms with E-state index in [1.54, 1.807) is 23.5 Å².